The van der Waals surface area contributed by atoms with E-state index < -0.39 is 0 Å². The molecule has 0 aliphatic carbocycles. The van der Waals surface area contributed by atoms with Gasteiger partial charge in [0, 0.05) is 24.5 Å². The predicted molar refractivity (Wildman–Crippen MR) is 112 cm³/mol. The van der Waals surface area contributed by atoms with E-state index >= 15 is 0 Å². The van der Waals surface area contributed by atoms with Gasteiger partial charge in [-0.05, 0) is 75.1 Å². The highest BCUT2D eigenvalue weighted by Gasteiger charge is 2.16. The van der Waals surface area contributed by atoms with Crippen molar-refractivity contribution in [2.45, 2.75) is 39.2 Å². The molecule has 2 aromatic carbocycles. The molecular weight excluding hydrogens is 338 g/mol. The summed E-state index contributed by atoms with van der Waals surface area (Å²) >= 11 is 0. The zero-order chi connectivity index (χ0) is 19.2. The van der Waals surface area contributed by atoms with Crippen molar-refractivity contribution in [1.29, 1.82) is 0 Å². The maximum atomic E-state index is 12.6. The Morgan fingerprint density at radius 3 is 2.44 bits per heavy atom. The zero-order valence-electron chi connectivity index (χ0n) is 16.4. The van der Waals surface area contributed by atoms with Gasteiger partial charge in [0.15, 0.2) is 0 Å². The normalized spacial score (nSPS) is 15.1. The van der Waals surface area contributed by atoms with Crippen molar-refractivity contribution in [1.82, 2.24) is 0 Å². The summed E-state index contributed by atoms with van der Waals surface area (Å²) in [5.41, 5.74) is 3.97. The van der Waals surface area contributed by atoms with E-state index in [1.165, 1.54) is 24.9 Å². The Kier molecular flexibility index (Phi) is 6.22. The van der Waals surface area contributed by atoms with Gasteiger partial charge in [0.2, 0.25) is 5.91 Å². The summed E-state index contributed by atoms with van der Waals surface area (Å²) in [5, 5.41) is 6.22. The van der Waals surface area contributed by atoms with Crippen molar-refractivity contribution < 1.29 is 9.53 Å². The number of rotatable bonds is 6. The first-order valence-corrected chi connectivity index (χ1v) is 9.64. The van der Waals surface area contributed by atoms with Gasteiger partial charge in [-0.2, -0.15) is 0 Å². The first-order valence-electron chi connectivity index (χ1n) is 9.64. The highest BCUT2D eigenvalue weighted by Crippen LogP contribution is 2.26. The van der Waals surface area contributed by atoms with Crippen LogP contribution in [0.4, 0.5) is 17.1 Å². The van der Waals surface area contributed by atoms with Gasteiger partial charge in [-0.1, -0.05) is 6.07 Å². The lowest BCUT2D eigenvalue weighted by Crippen LogP contribution is -2.32. The fourth-order valence-electron chi connectivity index (χ4n) is 3.39. The van der Waals surface area contributed by atoms with Crippen LogP contribution in [0.5, 0.6) is 5.75 Å². The third kappa shape index (κ3) is 4.94. The number of ether oxygens (including phenoxy) is 1. The number of carbonyl (C=O) groups is 1. The Bertz CT molecular complexity index is 768. The van der Waals surface area contributed by atoms with Crippen molar-refractivity contribution in [2.24, 2.45) is 0 Å². The summed E-state index contributed by atoms with van der Waals surface area (Å²) in [7, 11) is 1.63. The molecule has 1 saturated heterocycles. The molecule has 0 radical (unpaired) electrons. The number of hydrogen-bond donors (Lipinski definition) is 2. The highest BCUT2D eigenvalue weighted by molar-refractivity contribution is 5.96. The summed E-state index contributed by atoms with van der Waals surface area (Å²) in [6, 6.07) is 13.6. The number of aryl methyl sites for hydroxylation is 1. The van der Waals surface area contributed by atoms with E-state index in [0.717, 1.165) is 35.8 Å². The Morgan fingerprint density at radius 1 is 1.07 bits per heavy atom. The van der Waals surface area contributed by atoms with Crippen LogP contribution >= 0.6 is 0 Å². The monoisotopic (exact) mass is 367 g/mol. The Balaban J connectivity index is 1.60. The largest absolute Gasteiger partial charge is 0.495 e. The summed E-state index contributed by atoms with van der Waals surface area (Å²) in [4.78, 5) is 15.0. The summed E-state index contributed by atoms with van der Waals surface area (Å²) < 4.78 is 5.37. The molecule has 0 bridgehead atoms. The quantitative estimate of drug-likeness (QED) is 0.793. The Hall–Kier alpha value is -2.69. The molecule has 2 aromatic rings. The average molecular weight is 367 g/mol. The molecule has 2 N–H and O–H groups in total. The van der Waals surface area contributed by atoms with E-state index in [1.54, 1.807) is 7.11 Å². The number of nitrogens with zero attached hydrogens (tertiary/aromatic N) is 1. The lowest BCUT2D eigenvalue weighted by Gasteiger charge is -2.28. The number of carbonyl (C=O) groups excluding carboxylic acids is 1. The maximum absolute atomic E-state index is 12.6. The van der Waals surface area contributed by atoms with E-state index in [-0.39, 0.29) is 11.9 Å². The van der Waals surface area contributed by atoms with Gasteiger partial charge in [-0.15, -0.1) is 0 Å². The Labute approximate surface area is 161 Å². The molecule has 0 saturated carbocycles. The number of anilines is 3. The Morgan fingerprint density at radius 2 is 1.78 bits per heavy atom. The van der Waals surface area contributed by atoms with Gasteiger partial charge < -0.3 is 20.3 Å². The summed E-state index contributed by atoms with van der Waals surface area (Å²) in [5.74, 6) is 0.649. The third-order valence-electron chi connectivity index (χ3n) is 4.98. The molecule has 0 spiro atoms. The van der Waals surface area contributed by atoms with E-state index in [0.29, 0.717) is 0 Å². The van der Waals surface area contributed by atoms with Gasteiger partial charge in [0.05, 0.1) is 12.8 Å². The molecule has 1 aliphatic heterocycles. The first-order chi connectivity index (χ1) is 13.1. The molecule has 27 heavy (non-hydrogen) atoms. The van der Waals surface area contributed by atoms with Crippen LogP contribution < -0.4 is 20.3 Å². The fraction of sp³-hybridized carbons (Fsp3) is 0.409. The van der Waals surface area contributed by atoms with Gasteiger partial charge in [-0.3, -0.25) is 4.79 Å². The molecule has 1 fully saturated rings. The molecule has 1 atom stereocenters. The molecule has 144 valence electrons. The van der Waals surface area contributed by atoms with Crippen LogP contribution in [0.1, 0.15) is 31.7 Å². The van der Waals surface area contributed by atoms with Crippen LogP contribution in [-0.2, 0) is 4.79 Å². The zero-order valence-corrected chi connectivity index (χ0v) is 16.4. The number of amides is 1. The van der Waals surface area contributed by atoms with E-state index in [4.69, 9.17) is 4.74 Å². The summed E-state index contributed by atoms with van der Waals surface area (Å²) in [6.45, 7) is 6.09. The third-order valence-corrected chi connectivity index (χ3v) is 4.98. The number of hydrogen-bond acceptors (Lipinski definition) is 4. The number of piperidine rings is 1. The minimum Gasteiger partial charge on any atom is -0.495 e. The lowest BCUT2D eigenvalue weighted by atomic mass is 10.1. The standard InChI is InChI=1S/C22H29N3O2/c1-16-7-12-21(27-3)20(15-16)23-17(2)22(26)24-18-8-10-19(11-9-18)25-13-5-4-6-14-25/h7-12,15,17,23H,4-6,13-14H2,1-3H3,(H,24,26)/t17-/m1/s1. The predicted octanol–water partition coefficient (Wildman–Crippen LogP) is 4.43. The van der Waals surface area contributed by atoms with Crippen molar-refractivity contribution >= 4 is 23.0 Å². The van der Waals surface area contributed by atoms with Crippen LogP contribution in [0, 0.1) is 6.92 Å². The second kappa shape index (κ2) is 8.80. The fourth-order valence-corrected chi connectivity index (χ4v) is 3.39. The van der Waals surface area contributed by atoms with Crippen molar-refractivity contribution in [3.05, 3.63) is 48.0 Å². The molecule has 0 aromatic heterocycles. The minimum atomic E-state index is -0.387. The number of benzene rings is 2. The summed E-state index contributed by atoms with van der Waals surface area (Å²) in [6.07, 6.45) is 3.83. The second-order valence-electron chi connectivity index (χ2n) is 7.15. The van der Waals surface area contributed by atoms with Gasteiger partial charge >= 0.3 is 0 Å². The molecule has 3 rings (SSSR count). The molecule has 5 heteroatoms. The SMILES string of the molecule is COc1ccc(C)cc1N[C@H](C)C(=O)Nc1ccc(N2CCCCC2)cc1. The molecule has 0 unspecified atom stereocenters. The van der Waals surface area contributed by atoms with Crippen LogP contribution in [0.3, 0.4) is 0 Å². The highest BCUT2D eigenvalue weighted by atomic mass is 16.5. The van der Waals surface area contributed by atoms with Crippen LogP contribution in [0.2, 0.25) is 0 Å². The second-order valence-corrected chi connectivity index (χ2v) is 7.15. The smallest absolute Gasteiger partial charge is 0.246 e. The van der Waals surface area contributed by atoms with Crippen molar-refractivity contribution in [3.63, 3.8) is 0 Å². The topological polar surface area (TPSA) is 53.6 Å². The van der Waals surface area contributed by atoms with E-state index in [2.05, 4.69) is 27.7 Å². The van der Waals surface area contributed by atoms with Crippen LogP contribution in [-0.4, -0.2) is 32.1 Å². The van der Waals surface area contributed by atoms with E-state index in [1.807, 2.05) is 44.2 Å². The van der Waals surface area contributed by atoms with Crippen molar-refractivity contribution in [3.8, 4) is 5.75 Å². The molecule has 5 nitrogen and oxygen atoms in total. The van der Waals surface area contributed by atoms with E-state index in [9.17, 15) is 4.79 Å². The van der Waals surface area contributed by atoms with Crippen LogP contribution in [0.15, 0.2) is 42.5 Å². The lowest BCUT2D eigenvalue weighted by molar-refractivity contribution is -0.116. The number of nitrogens with one attached hydrogen (secondary N) is 2. The first kappa shape index (κ1) is 19.1. The average Bonchev–Trinajstić information content (AvgIpc) is 2.69. The molecular formula is C22H29N3O2. The molecule has 1 heterocycles. The molecule has 1 aliphatic rings. The van der Waals surface area contributed by atoms with Crippen LogP contribution in [0.25, 0.3) is 0 Å². The van der Waals surface area contributed by atoms with Gasteiger partial charge in [-0.25, -0.2) is 0 Å². The van der Waals surface area contributed by atoms with Gasteiger partial charge in [0.25, 0.3) is 0 Å². The molecule has 1 amide bonds. The maximum Gasteiger partial charge on any atom is 0.246 e. The number of methoxy groups -OCH3 is 1. The van der Waals surface area contributed by atoms with Gasteiger partial charge in [0.1, 0.15) is 11.8 Å². The minimum absolute atomic E-state index is 0.0794. The van der Waals surface area contributed by atoms with Crippen molar-refractivity contribution in [2.75, 3.05) is 35.7 Å².